The Labute approximate surface area is 211 Å². The molecule has 0 saturated carbocycles. The van der Waals surface area contributed by atoms with Crippen molar-refractivity contribution in [2.45, 2.75) is 51.5 Å². The number of nitrogens with one attached hydrogen (secondary N) is 1. The van der Waals surface area contributed by atoms with Crippen molar-refractivity contribution in [3.8, 4) is 11.4 Å². The summed E-state index contributed by atoms with van der Waals surface area (Å²) in [6.45, 7) is 6.97. The van der Waals surface area contributed by atoms with Gasteiger partial charge in [-0.1, -0.05) is 18.0 Å². The number of hydrogen-bond donors (Lipinski definition) is 1. The standard InChI is InChI=1S/C26H34ClN7O/c1-19-5-2-3-15-32(19)16-4-14-28-26(35)21-12-17-33(18-13-21)24-11-10-23-29-30-25(34(23)31-24)20-6-8-22(27)9-7-20/h6-11,19,21H,2-5,12-18H2,1H3,(H,28,35). The number of carbonyl (C=O) groups is 1. The molecule has 0 bridgehead atoms. The van der Waals surface area contributed by atoms with E-state index in [2.05, 4.69) is 32.2 Å². The molecule has 186 valence electrons. The Bertz CT molecular complexity index is 1140. The minimum Gasteiger partial charge on any atom is -0.356 e. The number of fused-ring (bicyclic) bond motifs is 1. The van der Waals surface area contributed by atoms with E-state index in [1.807, 2.05) is 36.4 Å². The van der Waals surface area contributed by atoms with Crippen molar-refractivity contribution in [1.29, 1.82) is 0 Å². The summed E-state index contributed by atoms with van der Waals surface area (Å²) in [6.07, 6.45) is 6.64. The van der Waals surface area contributed by atoms with Gasteiger partial charge in [-0.05, 0) is 82.0 Å². The molecule has 2 saturated heterocycles. The van der Waals surface area contributed by atoms with Gasteiger partial charge in [-0.2, -0.15) is 4.52 Å². The lowest BCUT2D eigenvalue weighted by molar-refractivity contribution is -0.125. The number of aromatic nitrogens is 4. The van der Waals surface area contributed by atoms with Gasteiger partial charge >= 0.3 is 0 Å². The lowest BCUT2D eigenvalue weighted by Crippen LogP contribution is -2.42. The van der Waals surface area contributed by atoms with Crippen LogP contribution in [0.2, 0.25) is 5.02 Å². The molecule has 0 aliphatic carbocycles. The fourth-order valence-corrected chi connectivity index (χ4v) is 5.35. The van der Waals surface area contributed by atoms with E-state index in [9.17, 15) is 4.79 Å². The first-order valence-corrected chi connectivity index (χ1v) is 13.2. The summed E-state index contributed by atoms with van der Waals surface area (Å²) in [6, 6.07) is 12.1. The van der Waals surface area contributed by atoms with Gasteiger partial charge in [-0.25, -0.2) is 0 Å². The van der Waals surface area contributed by atoms with Crippen LogP contribution in [0.15, 0.2) is 36.4 Å². The minimum absolute atomic E-state index is 0.0726. The fourth-order valence-electron chi connectivity index (χ4n) is 5.23. The highest BCUT2D eigenvalue weighted by Gasteiger charge is 2.26. The molecular weight excluding hydrogens is 462 g/mol. The molecule has 0 spiro atoms. The predicted octanol–water partition coefficient (Wildman–Crippen LogP) is 4.04. The third-order valence-electron chi connectivity index (χ3n) is 7.40. The van der Waals surface area contributed by atoms with Crippen molar-refractivity contribution in [3.05, 3.63) is 41.4 Å². The Hall–Kier alpha value is -2.71. The molecule has 2 fully saturated rings. The molecule has 1 unspecified atom stereocenters. The topological polar surface area (TPSA) is 78.7 Å². The molecule has 2 aromatic heterocycles. The quantitative estimate of drug-likeness (QED) is 0.498. The summed E-state index contributed by atoms with van der Waals surface area (Å²) in [7, 11) is 0. The second kappa shape index (κ2) is 10.9. The molecule has 1 amide bonds. The van der Waals surface area contributed by atoms with Crippen molar-refractivity contribution in [2.24, 2.45) is 5.92 Å². The summed E-state index contributed by atoms with van der Waals surface area (Å²) in [5, 5.41) is 17.3. The zero-order valence-corrected chi connectivity index (χ0v) is 21.1. The van der Waals surface area contributed by atoms with Gasteiger partial charge in [-0.15, -0.1) is 15.3 Å². The Morgan fingerprint density at radius 3 is 2.60 bits per heavy atom. The number of amides is 1. The summed E-state index contributed by atoms with van der Waals surface area (Å²) < 4.78 is 1.78. The minimum atomic E-state index is 0.0726. The van der Waals surface area contributed by atoms with Gasteiger partial charge in [0.2, 0.25) is 5.91 Å². The van der Waals surface area contributed by atoms with Crippen LogP contribution in [0, 0.1) is 5.92 Å². The van der Waals surface area contributed by atoms with Crippen molar-refractivity contribution in [2.75, 3.05) is 37.6 Å². The molecule has 0 radical (unpaired) electrons. The van der Waals surface area contributed by atoms with Crippen LogP contribution in [0.3, 0.4) is 0 Å². The molecule has 3 aromatic rings. The van der Waals surface area contributed by atoms with E-state index in [0.29, 0.717) is 22.5 Å². The van der Waals surface area contributed by atoms with Crippen LogP contribution in [-0.2, 0) is 4.79 Å². The third kappa shape index (κ3) is 5.59. The lowest BCUT2D eigenvalue weighted by Gasteiger charge is -2.33. The fraction of sp³-hybridized carbons (Fsp3) is 0.538. The van der Waals surface area contributed by atoms with Crippen molar-refractivity contribution in [1.82, 2.24) is 30.0 Å². The number of anilines is 1. The van der Waals surface area contributed by atoms with Crippen LogP contribution in [-0.4, -0.2) is 69.4 Å². The second-order valence-electron chi connectivity index (χ2n) is 9.78. The van der Waals surface area contributed by atoms with Crippen molar-refractivity contribution >= 4 is 29.0 Å². The van der Waals surface area contributed by atoms with Crippen LogP contribution < -0.4 is 10.2 Å². The predicted molar refractivity (Wildman–Crippen MR) is 139 cm³/mol. The Kier molecular flexibility index (Phi) is 7.48. The zero-order valence-electron chi connectivity index (χ0n) is 20.4. The number of nitrogens with zero attached hydrogens (tertiary/aromatic N) is 6. The normalized spacial score (nSPS) is 19.8. The zero-order chi connectivity index (χ0) is 24.2. The average molecular weight is 496 g/mol. The molecule has 8 nitrogen and oxygen atoms in total. The first kappa shape index (κ1) is 24.0. The summed E-state index contributed by atoms with van der Waals surface area (Å²) in [5.74, 6) is 1.83. The number of carbonyl (C=O) groups excluding carboxylic acids is 1. The van der Waals surface area contributed by atoms with Gasteiger partial charge in [-0.3, -0.25) is 4.79 Å². The van der Waals surface area contributed by atoms with E-state index in [4.69, 9.17) is 16.7 Å². The summed E-state index contributed by atoms with van der Waals surface area (Å²) in [4.78, 5) is 17.5. The third-order valence-corrected chi connectivity index (χ3v) is 7.65. The van der Waals surface area contributed by atoms with Crippen molar-refractivity contribution < 1.29 is 4.79 Å². The van der Waals surface area contributed by atoms with Gasteiger partial charge in [0.1, 0.15) is 5.82 Å². The van der Waals surface area contributed by atoms with E-state index in [1.54, 1.807) is 4.52 Å². The number of rotatable bonds is 7. The molecule has 4 heterocycles. The van der Waals surface area contributed by atoms with E-state index >= 15 is 0 Å². The van der Waals surface area contributed by atoms with Crippen LogP contribution in [0.5, 0.6) is 0 Å². The summed E-state index contributed by atoms with van der Waals surface area (Å²) >= 11 is 6.03. The van der Waals surface area contributed by atoms with E-state index < -0.39 is 0 Å². The van der Waals surface area contributed by atoms with Crippen molar-refractivity contribution in [3.63, 3.8) is 0 Å². The van der Waals surface area contributed by atoms with E-state index in [-0.39, 0.29) is 11.8 Å². The second-order valence-corrected chi connectivity index (χ2v) is 10.2. The SMILES string of the molecule is CC1CCCCN1CCCNC(=O)C1CCN(c2ccc3nnc(-c4ccc(Cl)cc4)n3n2)CC1. The molecule has 1 aromatic carbocycles. The highest BCUT2D eigenvalue weighted by molar-refractivity contribution is 6.30. The highest BCUT2D eigenvalue weighted by Crippen LogP contribution is 2.25. The highest BCUT2D eigenvalue weighted by atomic mass is 35.5. The maximum absolute atomic E-state index is 12.7. The largest absolute Gasteiger partial charge is 0.356 e. The Morgan fingerprint density at radius 2 is 1.83 bits per heavy atom. The lowest BCUT2D eigenvalue weighted by atomic mass is 9.96. The molecule has 2 aliphatic heterocycles. The van der Waals surface area contributed by atoms with Crippen LogP contribution in [0.1, 0.15) is 45.4 Å². The van der Waals surface area contributed by atoms with Gasteiger partial charge in [0.05, 0.1) is 0 Å². The molecular formula is C26H34ClN7O. The number of piperidine rings is 2. The Balaban J connectivity index is 1.13. The molecule has 1 N–H and O–H groups in total. The maximum Gasteiger partial charge on any atom is 0.223 e. The van der Waals surface area contributed by atoms with E-state index in [1.165, 1.54) is 25.8 Å². The Morgan fingerprint density at radius 1 is 1.03 bits per heavy atom. The van der Waals surface area contributed by atoms with Gasteiger partial charge < -0.3 is 15.1 Å². The number of halogens is 1. The average Bonchev–Trinajstić information content (AvgIpc) is 3.31. The number of benzene rings is 1. The molecule has 1 atom stereocenters. The van der Waals surface area contributed by atoms with Crippen LogP contribution in [0.4, 0.5) is 5.82 Å². The monoisotopic (exact) mass is 495 g/mol. The molecule has 5 rings (SSSR count). The smallest absolute Gasteiger partial charge is 0.223 e. The van der Waals surface area contributed by atoms with E-state index in [0.717, 1.165) is 56.8 Å². The molecule has 35 heavy (non-hydrogen) atoms. The molecule has 9 heteroatoms. The van der Waals surface area contributed by atoms with Crippen LogP contribution in [0.25, 0.3) is 17.0 Å². The van der Waals surface area contributed by atoms with Crippen LogP contribution >= 0.6 is 11.6 Å². The first-order chi connectivity index (χ1) is 17.1. The summed E-state index contributed by atoms with van der Waals surface area (Å²) in [5.41, 5.74) is 1.61. The number of likely N-dealkylation sites (tertiary alicyclic amines) is 1. The van der Waals surface area contributed by atoms with Gasteiger partial charge in [0.25, 0.3) is 0 Å². The molecule has 2 aliphatic rings. The first-order valence-electron chi connectivity index (χ1n) is 12.8. The maximum atomic E-state index is 12.7. The van der Waals surface area contributed by atoms with Gasteiger partial charge in [0.15, 0.2) is 11.5 Å². The number of hydrogen-bond acceptors (Lipinski definition) is 6. The van der Waals surface area contributed by atoms with Gasteiger partial charge in [0, 0.05) is 48.7 Å².